The van der Waals surface area contributed by atoms with E-state index in [-0.39, 0.29) is 0 Å². The van der Waals surface area contributed by atoms with Crippen LogP contribution in [0.1, 0.15) is 42.5 Å². The Morgan fingerprint density at radius 3 is 3.12 bits per heavy atom. The molecule has 2 aliphatic rings. The van der Waals surface area contributed by atoms with Crippen molar-refractivity contribution in [2.24, 2.45) is 0 Å². The van der Waals surface area contributed by atoms with Crippen molar-refractivity contribution < 1.29 is 0 Å². The Balaban J connectivity index is 1.85. The standard InChI is InChI=1S/C12H20N4/c1-16-7-3-2-4-11(16)12-14-9-5-6-13-8-10(9)15-12/h11,13H,2-8H2,1H3,(H,14,15). The summed E-state index contributed by atoms with van der Waals surface area (Å²) in [4.78, 5) is 10.7. The number of aromatic nitrogens is 2. The number of rotatable bonds is 1. The molecule has 1 atom stereocenters. The number of hydrogen-bond donors (Lipinski definition) is 2. The molecule has 0 amide bonds. The zero-order chi connectivity index (χ0) is 11.0. The molecule has 0 bridgehead atoms. The van der Waals surface area contributed by atoms with E-state index in [4.69, 9.17) is 4.98 Å². The first kappa shape index (κ1) is 10.3. The van der Waals surface area contributed by atoms with E-state index >= 15 is 0 Å². The lowest BCUT2D eigenvalue weighted by atomic mass is 10.0. The van der Waals surface area contributed by atoms with Crippen molar-refractivity contribution in [1.29, 1.82) is 0 Å². The largest absolute Gasteiger partial charge is 0.343 e. The van der Waals surface area contributed by atoms with Gasteiger partial charge >= 0.3 is 0 Å². The fourth-order valence-corrected chi connectivity index (χ4v) is 2.82. The molecular formula is C12H20N4. The van der Waals surface area contributed by atoms with E-state index in [1.54, 1.807) is 0 Å². The number of imidazole rings is 1. The minimum atomic E-state index is 0.513. The second-order valence-corrected chi connectivity index (χ2v) is 4.97. The Kier molecular flexibility index (Phi) is 2.69. The van der Waals surface area contributed by atoms with Gasteiger partial charge in [-0.05, 0) is 26.4 Å². The second kappa shape index (κ2) is 4.18. The van der Waals surface area contributed by atoms with Gasteiger partial charge in [0.2, 0.25) is 0 Å². The van der Waals surface area contributed by atoms with E-state index in [1.165, 1.54) is 43.0 Å². The lowest BCUT2D eigenvalue weighted by Crippen LogP contribution is -2.30. The molecule has 16 heavy (non-hydrogen) atoms. The fourth-order valence-electron chi connectivity index (χ4n) is 2.82. The van der Waals surface area contributed by atoms with Gasteiger partial charge in [0.15, 0.2) is 0 Å². The van der Waals surface area contributed by atoms with Gasteiger partial charge < -0.3 is 10.3 Å². The molecule has 2 N–H and O–H groups in total. The molecule has 0 radical (unpaired) electrons. The first-order valence-corrected chi connectivity index (χ1v) is 6.33. The molecule has 0 aliphatic carbocycles. The number of aromatic amines is 1. The van der Waals surface area contributed by atoms with E-state index in [1.807, 2.05) is 0 Å². The summed E-state index contributed by atoms with van der Waals surface area (Å²) < 4.78 is 0. The molecule has 1 aromatic rings. The van der Waals surface area contributed by atoms with Crippen molar-refractivity contribution in [3.05, 3.63) is 17.2 Å². The predicted octanol–water partition coefficient (Wildman–Crippen LogP) is 1.21. The Morgan fingerprint density at radius 2 is 2.31 bits per heavy atom. The first-order chi connectivity index (χ1) is 7.84. The van der Waals surface area contributed by atoms with Crippen molar-refractivity contribution in [2.45, 2.75) is 38.3 Å². The van der Waals surface area contributed by atoms with E-state index in [9.17, 15) is 0 Å². The van der Waals surface area contributed by atoms with Crippen molar-refractivity contribution in [3.63, 3.8) is 0 Å². The van der Waals surface area contributed by atoms with Gasteiger partial charge in [0.1, 0.15) is 5.82 Å². The lowest BCUT2D eigenvalue weighted by Gasteiger charge is -2.30. The highest BCUT2D eigenvalue weighted by atomic mass is 15.2. The van der Waals surface area contributed by atoms with Gasteiger partial charge in [-0.1, -0.05) is 6.42 Å². The Hall–Kier alpha value is -0.870. The smallest absolute Gasteiger partial charge is 0.124 e. The summed E-state index contributed by atoms with van der Waals surface area (Å²) in [5, 5.41) is 3.38. The third kappa shape index (κ3) is 1.76. The molecule has 1 unspecified atom stereocenters. The SMILES string of the molecule is CN1CCCCC1c1nc2c([nH]1)CNCC2. The number of nitrogens with zero attached hydrogens (tertiary/aromatic N) is 2. The molecule has 2 aliphatic heterocycles. The summed E-state index contributed by atoms with van der Waals surface area (Å²) in [6.45, 7) is 3.23. The third-order valence-electron chi connectivity index (χ3n) is 3.81. The van der Waals surface area contributed by atoms with Crippen molar-refractivity contribution in [1.82, 2.24) is 20.2 Å². The van der Waals surface area contributed by atoms with Crippen LogP contribution in [0.25, 0.3) is 0 Å². The number of hydrogen-bond acceptors (Lipinski definition) is 3. The van der Waals surface area contributed by atoms with Gasteiger partial charge in [-0.2, -0.15) is 0 Å². The monoisotopic (exact) mass is 220 g/mol. The molecule has 0 aromatic carbocycles. The quantitative estimate of drug-likeness (QED) is 0.747. The molecule has 1 aromatic heterocycles. The third-order valence-corrected chi connectivity index (χ3v) is 3.81. The van der Waals surface area contributed by atoms with Crippen LogP contribution in [0.15, 0.2) is 0 Å². The van der Waals surface area contributed by atoms with Crippen LogP contribution in [0.4, 0.5) is 0 Å². The molecule has 88 valence electrons. The molecule has 3 heterocycles. The predicted molar refractivity (Wildman–Crippen MR) is 63.2 cm³/mol. The number of H-pyrrole nitrogens is 1. The van der Waals surface area contributed by atoms with E-state index in [0.29, 0.717) is 6.04 Å². The number of nitrogens with one attached hydrogen (secondary N) is 2. The topological polar surface area (TPSA) is 44.0 Å². The molecule has 0 spiro atoms. The normalized spacial score (nSPS) is 26.7. The summed E-state index contributed by atoms with van der Waals surface area (Å²) in [6, 6.07) is 0.513. The fraction of sp³-hybridized carbons (Fsp3) is 0.750. The molecule has 1 saturated heterocycles. The van der Waals surface area contributed by atoms with Crippen LogP contribution in [-0.2, 0) is 13.0 Å². The highest BCUT2D eigenvalue weighted by Gasteiger charge is 2.25. The average Bonchev–Trinajstić information content (AvgIpc) is 2.73. The van der Waals surface area contributed by atoms with Gasteiger partial charge in [0.25, 0.3) is 0 Å². The highest BCUT2D eigenvalue weighted by molar-refractivity contribution is 5.19. The van der Waals surface area contributed by atoms with Crippen LogP contribution >= 0.6 is 0 Å². The first-order valence-electron chi connectivity index (χ1n) is 6.33. The minimum absolute atomic E-state index is 0.513. The van der Waals surface area contributed by atoms with Crippen LogP contribution in [0, 0.1) is 0 Å². The zero-order valence-corrected chi connectivity index (χ0v) is 9.92. The maximum atomic E-state index is 4.79. The summed E-state index contributed by atoms with van der Waals surface area (Å²) in [7, 11) is 2.21. The lowest BCUT2D eigenvalue weighted by molar-refractivity contribution is 0.180. The average molecular weight is 220 g/mol. The van der Waals surface area contributed by atoms with Crippen LogP contribution in [0.5, 0.6) is 0 Å². The number of likely N-dealkylation sites (tertiary alicyclic amines) is 1. The Bertz CT molecular complexity index is 348. The summed E-state index contributed by atoms with van der Waals surface area (Å²) in [6.07, 6.45) is 4.98. The summed E-state index contributed by atoms with van der Waals surface area (Å²) in [5.74, 6) is 1.19. The van der Waals surface area contributed by atoms with Gasteiger partial charge in [-0.15, -0.1) is 0 Å². The van der Waals surface area contributed by atoms with Crippen LogP contribution in [0.3, 0.4) is 0 Å². The van der Waals surface area contributed by atoms with Crippen LogP contribution in [-0.4, -0.2) is 35.0 Å². The number of fused-ring (bicyclic) bond motifs is 1. The Morgan fingerprint density at radius 1 is 1.38 bits per heavy atom. The van der Waals surface area contributed by atoms with Gasteiger partial charge in [-0.3, -0.25) is 4.90 Å². The van der Waals surface area contributed by atoms with Gasteiger partial charge in [0.05, 0.1) is 17.4 Å². The molecule has 4 heteroatoms. The molecular weight excluding hydrogens is 200 g/mol. The zero-order valence-electron chi connectivity index (χ0n) is 9.92. The summed E-state index contributed by atoms with van der Waals surface area (Å²) >= 11 is 0. The van der Waals surface area contributed by atoms with Crippen LogP contribution < -0.4 is 5.32 Å². The Labute approximate surface area is 96.4 Å². The second-order valence-electron chi connectivity index (χ2n) is 4.97. The molecule has 0 saturated carbocycles. The van der Waals surface area contributed by atoms with E-state index < -0.39 is 0 Å². The minimum Gasteiger partial charge on any atom is -0.343 e. The van der Waals surface area contributed by atoms with Crippen molar-refractivity contribution in [2.75, 3.05) is 20.1 Å². The van der Waals surface area contributed by atoms with Gasteiger partial charge in [0, 0.05) is 19.5 Å². The van der Waals surface area contributed by atoms with E-state index in [0.717, 1.165) is 19.5 Å². The molecule has 3 rings (SSSR count). The summed E-state index contributed by atoms with van der Waals surface area (Å²) in [5.41, 5.74) is 2.59. The van der Waals surface area contributed by atoms with Crippen molar-refractivity contribution >= 4 is 0 Å². The van der Waals surface area contributed by atoms with Gasteiger partial charge in [-0.25, -0.2) is 4.98 Å². The maximum absolute atomic E-state index is 4.79. The van der Waals surface area contributed by atoms with Crippen LogP contribution in [0.2, 0.25) is 0 Å². The van der Waals surface area contributed by atoms with Crippen molar-refractivity contribution in [3.8, 4) is 0 Å². The number of piperidine rings is 1. The molecule has 1 fully saturated rings. The maximum Gasteiger partial charge on any atom is 0.124 e. The molecule has 4 nitrogen and oxygen atoms in total. The van der Waals surface area contributed by atoms with E-state index in [2.05, 4.69) is 22.2 Å². The highest BCUT2D eigenvalue weighted by Crippen LogP contribution is 2.28.